The van der Waals surface area contributed by atoms with Crippen molar-refractivity contribution in [3.05, 3.63) is 45.8 Å². The summed E-state index contributed by atoms with van der Waals surface area (Å²) in [6.07, 6.45) is 2.22. The molecule has 1 N–H and O–H groups in total. The summed E-state index contributed by atoms with van der Waals surface area (Å²) < 4.78 is 2.16. The van der Waals surface area contributed by atoms with E-state index in [4.69, 9.17) is 23.2 Å². The maximum atomic E-state index is 12.6. The van der Waals surface area contributed by atoms with Gasteiger partial charge in [-0.05, 0) is 43.3 Å². The van der Waals surface area contributed by atoms with Gasteiger partial charge in [0, 0.05) is 6.04 Å². The van der Waals surface area contributed by atoms with Gasteiger partial charge in [-0.1, -0.05) is 47.1 Å². The van der Waals surface area contributed by atoms with Crippen LogP contribution in [0.15, 0.2) is 40.9 Å². The molecule has 1 aliphatic rings. The molecule has 4 rings (SSSR count). The van der Waals surface area contributed by atoms with E-state index in [0.717, 1.165) is 28.7 Å². The van der Waals surface area contributed by atoms with Crippen LogP contribution in [0.25, 0.3) is 10.7 Å². The first-order valence-corrected chi connectivity index (χ1v) is 11.0. The molecule has 1 saturated carbocycles. The second kappa shape index (κ2) is 7.83. The Labute approximate surface area is 175 Å². The van der Waals surface area contributed by atoms with Crippen molar-refractivity contribution in [2.75, 3.05) is 5.32 Å². The number of thioether (sulfide) groups is 1. The monoisotopic (exact) mass is 438 g/mol. The third kappa shape index (κ3) is 4.01. The quantitative estimate of drug-likeness (QED) is 0.496. The van der Waals surface area contributed by atoms with Crippen LogP contribution in [0.1, 0.15) is 25.8 Å². The highest BCUT2D eigenvalue weighted by molar-refractivity contribution is 8.00. The van der Waals surface area contributed by atoms with Crippen LogP contribution in [-0.4, -0.2) is 25.9 Å². The predicted molar refractivity (Wildman–Crippen MR) is 112 cm³/mol. The van der Waals surface area contributed by atoms with Gasteiger partial charge in [0.2, 0.25) is 5.91 Å². The lowest BCUT2D eigenvalue weighted by atomic mass is 10.3. The van der Waals surface area contributed by atoms with Crippen LogP contribution >= 0.6 is 46.3 Å². The number of anilines is 1. The largest absolute Gasteiger partial charge is 0.323 e. The minimum atomic E-state index is -0.379. The number of halogens is 2. The lowest BCUT2D eigenvalue weighted by Gasteiger charge is -2.14. The third-order valence-electron chi connectivity index (χ3n) is 4.18. The van der Waals surface area contributed by atoms with E-state index in [9.17, 15) is 4.79 Å². The Hall–Kier alpha value is -1.54. The Morgan fingerprint density at radius 2 is 2.00 bits per heavy atom. The number of thiophene rings is 1. The summed E-state index contributed by atoms with van der Waals surface area (Å²) in [5, 5.41) is 14.8. The molecule has 0 bridgehead atoms. The number of carbonyl (C=O) groups is 1. The molecule has 0 spiro atoms. The maximum absolute atomic E-state index is 12.6. The minimum Gasteiger partial charge on any atom is -0.323 e. The first-order chi connectivity index (χ1) is 13.0. The van der Waals surface area contributed by atoms with Gasteiger partial charge in [0.05, 0.1) is 25.9 Å². The number of rotatable bonds is 6. The first-order valence-electron chi connectivity index (χ1n) is 8.45. The van der Waals surface area contributed by atoms with Gasteiger partial charge in [0.1, 0.15) is 0 Å². The predicted octanol–water partition coefficient (Wildman–Crippen LogP) is 5.77. The van der Waals surface area contributed by atoms with E-state index in [2.05, 4.69) is 20.1 Å². The highest BCUT2D eigenvalue weighted by Gasteiger charge is 2.32. The van der Waals surface area contributed by atoms with E-state index < -0.39 is 0 Å². The molecule has 1 amide bonds. The molecule has 0 saturated heterocycles. The number of hydrogen-bond acceptors (Lipinski definition) is 5. The van der Waals surface area contributed by atoms with Gasteiger partial charge in [-0.25, -0.2) is 0 Å². The first kappa shape index (κ1) is 18.8. The summed E-state index contributed by atoms with van der Waals surface area (Å²) in [6, 6.07) is 9.57. The smallest absolute Gasteiger partial charge is 0.237 e. The topological polar surface area (TPSA) is 59.8 Å². The number of para-hydroxylation sites is 1. The van der Waals surface area contributed by atoms with Crippen LogP contribution in [0.3, 0.4) is 0 Å². The van der Waals surface area contributed by atoms with Crippen molar-refractivity contribution in [1.82, 2.24) is 14.8 Å². The number of aromatic nitrogens is 3. The number of nitrogens with zero attached hydrogens (tertiary/aromatic N) is 3. The molecule has 3 aromatic rings. The summed E-state index contributed by atoms with van der Waals surface area (Å²) in [4.78, 5) is 13.7. The van der Waals surface area contributed by atoms with Gasteiger partial charge >= 0.3 is 0 Å². The van der Waals surface area contributed by atoms with Crippen molar-refractivity contribution in [1.29, 1.82) is 0 Å². The zero-order chi connectivity index (χ0) is 19.0. The molecule has 1 fully saturated rings. The molecule has 1 aliphatic carbocycles. The van der Waals surface area contributed by atoms with E-state index in [0.29, 0.717) is 21.8 Å². The molecule has 2 heterocycles. The fourth-order valence-corrected chi connectivity index (χ4v) is 4.76. The summed E-state index contributed by atoms with van der Waals surface area (Å²) in [7, 11) is 0. The molecule has 1 aromatic carbocycles. The lowest BCUT2D eigenvalue weighted by molar-refractivity contribution is -0.115. The molecule has 27 heavy (non-hydrogen) atoms. The van der Waals surface area contributed by atoms with E-state index in [1.807, 2.05) is 24.4 Å². The summed E-state index contributed by atoms with van der Waals surface area (Å²) in [5.41, 5.74) is 0.432. The summed E-state index contributed by atoms with van der Waals surface area (Å²) in [6.45, 7) is 1.83. The average molecular weight is 439 g/mol. The van der Waals surface area contributed by atoms with Crippen LogP contribution < -0.4 is 5.32 Å². The normalized spacial score (nSPS) is 14.9. The van der Waals surface area contributed by atoms with Crippen LogP contribution in [0.4, 0.5) is 5.69 Å². The van der Waals surface area contributed by atoms with Crippen molar-refractivity contribution >= 4 is 57.9 Å². The molecule has 1 atom stereocenters. The number of benzene rings is 1. The number of amides is 1. The van der Waals surface area contributed by atoms with E-state index in [-0.39, 0.29) is 11.2 Å². The second-order valence-electron chi connectivity index (χ2n) is 6.23. The van der Waals surface area contributed by atoms with Crippen LogP contribution in [0, 0.1) is 0 Å². The molecule has 0 unspecified atom stereocenters. The van der Waals surface area contributed by atoms with Crippen LogP contribution in [0.5, 0.6) is 0 Å². The van der Waals surface area contributed by atoms with Gasteiger partial charge in [-0.3, -0.25) is 9.36 Å². The Balaban J connectivity index is 1.53. The third-order valence-corrected chi connectivity index (χ3v) is 6.73. The van der Waals surface area contributed by atoms with Crippen molar-refractivity contribution < 1.29 is 4.79 Å². The standard InChI is InChI=1S/C18H16Cl2N4OS2/c1-10(17(25)21-15-12(19)4-2-5-13(15)20)27-18-23-22-16(14-6-3-9-26-14)24(18)11-7-8-11/h2-6,9-11H,7-8H2,1H3,(H,21,25)/t10-/m0/s1. The molecular formula is C18H16Cl2N4OS2. The fourth-order valence-electron chi connectivity index (χ4n) is 2.65. The maximum Gasteiger partial charge on any atom is 0.237 e. The Morgan fingerprint density at radius 1 is 1.26 bits per heavy atom. The molecule has 5 nitrogen and oxygen atoms in total. The minimum absolute atomic E-state index is 0.182. The van der Waals surface area contributed by atoms with E-state index >= 15 is 0 Å². The molecule has 9 heteroatoms. The average Bonchev–Trinajstić information content (AvgIpc) is 3.17. The lowest BCUT2D eigenvalue weighted by Crippen LogP contribution is -2.23. The van der Waals surface area contributed by atoms with Crippen LogP contribution in [0.2, 0.25) is 10.0 Å². The highest BCUT2D eigenvalue weighted by Crippen LogP contribution is 2.42. The molecule has 140 valence electrons. The Bertz CT molecular complexity index is 950. The van der Waals surface area contributed by atoms with Gasteiger partial charge in [-0.15, -0.1) is 21.5 Å². The molecular weight excluding hydrogens is 423 g/mol. The molecule has 0 aliphatic heterocycles. The van der Waals surface area contributed by atoms with Crippen LogP contribution in [-0.2, 0) is 4.79 Å². The number of nitrogens with one attached hydrogen (secondary N) is 1. The molecule has 0 radical (unpaired) electrons. The van der Waals surface area contributed by atoms with Gasteiger partial charge < -0.3 is 5.32 Å². The number of carbonyl (C=O) groups excluding carboxylic acids is 1. The van der Waals surface area contributed by atoms with Crippen molar-refractivity contribution in [2.24, 2.45) is 0 Å². The van der Waals surface area contributed by atoms with Crippen molar-refractivity contribution in [3.63, 3.8) is 0 Å². The fraction of sp³-hybridized carbons (Fsp3) is 0.278. The SMILES string of the molecule is C[C@H](Sc1nnc(-c2cccs2)n1C1CC1)C(=O)Nc1c(Cl)cccc1Cl. The number of hydrogen-bond donors (Lipinski definition) is 1. The summed E-state index contributed by atoms with van der Waals surface area (Å²) >= 11 is 15.3. The molecule has 2 aromatic heterocycles. The van der Waals surface area contributed by atoms with Gasteiger partial charge in [0.25, 0.3) is 0 Å². The van der Waals surface area contributed by atoms with E-state index in [1.165, 1.54) is 11.8 Å². The summed E-state index contributed by atoms with van der Waals surface area (Å²) in [5.74, 6) is 0.690. The van der Waals surface area contributed by atoms with E-state index in [1.54, 1.807) is 29.5 Å². The van der Waals surface area contributed by atoms with Crippen molar-refractivity contribution in [3.8, 4) is 10.7 Å². The zero-order valence-corrected chi connectivity index (χ0v) is 17.5. The van der Waals surface area contributed by atoms with Gasteiger partial charge in [0.15, 0.2) is 11.0 Å². The highest BCUT2D eigenvalue weighted by atomic mass is 35.5. The van der Waals surface area contributed by atoms with Gasteiger partial charge in [-0.2, -0.15) is 0 Å². The zero-order valence-electron chi connectivity index (χ0n) is 14.4. The second-order valence-corrected chi connectivity index (χ2v) is 9.30. The Morgan fingerprint density at radius 3 is 2.63 bits per heavy atom. The van der Waals surface area contributed by atoms with Crippen molar-refractivity contribution in [2.45, 2.75) is 36.2 Å². The Kier molecular flexibility index (Phi) is 5.45.